The fraction of sp³-hybridized carbons (Fsp3) is 0.294. The second-order valence-corrected chi connectivity index (χ2v) is 5.32. The van der Waals surface area contributed by atoms with Crippen LogP contribution in [0.15, 0.2) is 60.7 Å². The lowest BCUT2D eigenvalue weighted by Gasteiger charge is -2.38. The number of aliphatic hydroxyl groups excluding tert-OH is 1. The third-order valence-electron chi connectivity index (χ3n) is 4.38. The molecule has 1 aliphatic rings. The zero-order valence-electron chi connectivity index (χ0n) is 11.3. The van der Waals surface area contributed by atoms with E-state index >= 15 is 0 Å². The van der Waals surface area contributed by atoms with Crippen molar-refractivity contribution in [3.05, 3.63) is 71.8 Å². The molecule has 1 aliphatic heterocycles. The summed E-state index contributed by atoms with van der Waals surface area (Å²) >= 11 is 0. The number of hydroxylamine groups is 2. The molecule has 0 aromatic heterocycles. The predicted molar refractivity (Wildman–Crippen MR) is 77.5 cm³/mol. The molecule has 3 heteroatoms. The summed E-state index contributed by atoms with van der Waals surface area (Å²) in [5.74, 6) is 0.0844. The third-order valence-corrected chi connectivity index (χ3v) is 4.38. The van der Waals surface area contributed by atoms with Crippen molar-refractivity contribution in [3.63, 3.8) is 0 Å². The van der Waals surface area contributed by atoms with Crippen LogP contribution in [0.1, 0.15) is 23.5 Å². The molecule has 20 heavy (non-hydrogen) atoms. The van der Waals surface area contributed by atoms with Crippen LogP contribution in [-0.4, -0.2) is 28.5 Å². The Morgan fingerprint density at radius 2 is 1.60 bits per heavy atom. The first kappa shape index (κ1) is 13.3. The Balaban J connectivity index is 2.11. The van der Waals surface area contributed by atoms with E-state index in [0.717, 1.165) is 17.5 Å². The van der Waals surface area contributed by atoms with Crippen LogP contribution in [0.4, 0.5) is 0 Å². The van der Waals surface area contributed by atoms with E-state index < -0.39 is 5.54 Å². The molecule has 3 rings (SSSR count). The van der Waals surface area contributed by atoms with E-state index in [2.05, 4.69) is 12.1 Å². The van der Waals surface area contributed by atoms with Crippen LogP contribution in [0.3, 0.4) is 0 Å². The van der Waals surface area contributed by atoms with Crippen molar-refractivity contribution in [1.29, 1.82) is 0 Å². The van der Waals surface area contributed by atoms with Crippen LogP contribution in [0.25, 0.3) is 0 Å². The van der Waals surface area contributed by atoms with Gasteiger partial charge in [0.25, 0.3) is 0 Å². The summed E-state index contributed by atoms with van der Waals surface area (Å²) < 4.78 is 0. The van der Waals surface area contributed by atoms with Gasteiger partial charge in [-0.3, -0.25) is 0 Å². The molecule has 1 fully saturated rings. The Bertz CT molecular complexity index is 558. The number of aliphatic hydroxyl groups is 1. The van der Waals surface area contributed by atoms with Crippen molar-refractivity contribution in [1.82, 2.24) is 5.06 Å². The average Bonchev–Trinajstić information content (AvgIpc) is 2.86. The first-order chi connectivity index (χ1) is 9.79. The molecule has 104 valence electrons. The standard InChI is InChI=1S/C17H19NO2/c19-13-17(15-9-5-2-6-10-15)16(11-12-18(17)20)14-7-3-1-4-8-14/h1-10,16,19-20H,11-13H2/t16?,17-/m0/s1. The van der Waals surface area contributed by atoms with Gasteiger partial charge in [0, 0.05) is 12.5 Å². The highest BCUT2D eigenvalue weighted by Crippen LogP contribution is 2.47. The molecule has 0 spiro atoms. The van der Waals surface area contributed by atoms with Gasteiger partial charge in [-0.15, -0.1) is 0 Å². The summed E-state index contributed by atoms with van der Waals surface area (Å²) in [7, 11) is 0. The Labute approximate surface area is 119 Å². The number of rotatable bonds is 3. The van der Waals surface area contributed by atoms with Gasteiger partial charge in [0.2, 0.25) is 0 Å². The summed E-state index contributed by atoms with van der Waals surface area (Å²) in [4.78, 5) is 0. The van der Waals surface area contributed by atoms with E-state index in [4.69, 9.17) is 0 Å². The van der Waals surface area contributed by atoms with Crippen molar-refractivity contribution >= 4 is 0 Å². The van der Waals surface area contributed by atoms with Crippen LogP contribution in [0.2, 0.25) is 0 Å². The molecule has 2 N–H and O–H groups in total. The molecular formula is C17H19NO2. The van der Waals surface area contributed by atoms with Crippen LogP contribution < -0.4 is 0 Å². The molecule has 0 amide bonds. The van der Waals surface area contributed by atoms with Gasteiger partial charge in [0.15, 0.2) is 0 Å². The van der Waals surface area contributed by atoms with E-state index in [1.54, 1.807) is 0 Å². The summed E-state index contributed by atoms with van der Waals surface area (Å²) in [6.07, 6.45) is 0.829. The molecule has 2 atom stereocenters. The van der Waals surface area contributed by atoms with Crippen molar-refractivity contribution in [2.75, 3.05) is 13.2 Å². The molecule has 2 aromatic rings. The van der Waals surface area contributed by atoms with Crippen LogP contribution >= 0.6 is 0 Å². The van der Waals surface area contributed by atoms with Gasteiger partial charge in [-0.2, -0.15) is 5.06 Å². The van der Waals surface area contributed by atoms with Gasteiger partial charge in [-0.1, -0.05) is 60.7 Å². The molecule has 1 unspecified atom stereocenters. The van der Waals surface area contributed by atoms with Crippen molar-refractivity contribution in [3.8, 4) is 0 Å². The lowest BCUT2D eigenvalue weighted by Crippen LogP contribution is -2.45. The molecular weight excluding hydrogens is 250 g/mol. The molecule has 1 heterocycles. The maximum Gasteiger partial charge on any atom is 0.101 e. The van der Waals surface area contributed by atoms with Crippen LogP contribution in [0, 0.1) is 0 Å². The Kier molecular flexibility index (Phi) is 3.57. The van der Waals surface area contributed by atoms with Crippen molar-refractivity contribution < 1.29 is 10.3 Å². The summed E-state index contributed by atoms with van der Waals surface area (Å²) in [5.41, 5.74) is 1.36. The van der Waals surface area contributed by atoms with Gasteiger partial charge in [0.05, 0.1) is 6.61 Å². The van der Waals surface area contributed by atoms with E-state index in [9.17, 15) is 10.3 Å². The molecule has 0 bridgehead atoms. The Morgan fingerprint density at radius 1 is 1.00 bits per heavy atom. The van der Waals surface area contributed by atoms with E-state index in [0.29, 0.717) is 6.54 Å². The fourth-order valence-corrected chi connectivity index (χ4v) is 3.36. The van der Waals surface area contributed by atoms with Crippen molar-refractivity contribution in [2.45, 2.75) is 17.9 Å². The minimum absolute atomic E-state index is 0.0844. The van der Waals surface area contributed by atoms with Gasteiger partial charge in [0.1, 0.15) is 5.54 Å². The monoisotopic (exact) mass is 269 g/mol. The van der Waals surface area contributed by atoms with Crippen LogP contribution in [-0.2, 0) is 5.54 Å². The Hall–Kier alpha value is -1.68. The minimum Gasteiger partial charge on any atom is -0.394 e. The zero-order valence-corrected chi connectivity index (χ0v) is 11.3. The second kappa shape index (κ2) is 5.37. The summed E-state index contributed by atoms with van der Waals surface area (Å²) in [5, 5.41) is 21.8. The number of nitrogens with zero attached hydrogens (tertiary/aromatic N) is 1. The quantitative estimate of drug-likeness (QED) is 0.900. The highest BCUT2D eigenvalue weighted by molar-refractivity contribution is 5.35. The SMILES string of the molecule is OC[C@]1(c2ccccc2)C(c2ccccc2)CCN1O. The smallest absolute Gasteiger partial charge is 0.101 e. The molecule has 0 saturated carbocycles. The minimum atomic E-state index is -0.747. The zero-order chi connectivity index (χ0) is 14.0. The van der Waals surface area contributed by atoms with Crippen LogP contribution in [0.5, 0.6) is 0 Å². The highest BCUT2D eigenvalue weighted by Gasteiger charge is 2.50. The Morgan fingerprint density at radius 3 is 2.20 bits per heavy atom. The molecule has 1 saturated heterocycles. The number of hydrogen-bond acceptors (Lipinski definition) is 3. The lowest BCUT2D eigenvalue weighted by atomic mass is 9.76. The first-order valence-corrected chi connectivity index (χ1v) is 6.97. The molecule has 0 radical (unpaired) electrons. The average molecular weight is 269 g/mol. The fourth-order valence-electron chi connectivity index (χ4n) is 3.36. The first-order valence-electron chi connectivity index (χ1n) is 6.97. The summed E-state index contributed by atoms with van der Waals surface area (Å²) in [6, 6.07) is 19.9. The van der Waals surface area contributed by atoms with Gasteiger partial charge >= 0.3 is 0 Å². The predicted octanol–water partition coefficient (Wildman–Crippen LogP) is 2.75. The van der Waals surface area contributed by atoms with E-state index in [1.165, 1.54) is 5.06 Å². The largest absolute Gasteiger partial charge is 0.394 e. The van der Waals surface area contributed by atoms with E-state index in [1.807, 2.05) is 48.5 Å². The number of benzene rings is 2. The molecule has 0 aliphatic carbocycles. The maximum absolute atomic E-state index is 10.4. The lowest BCUT2D eigenvalue weighted by molar-refractivity contribution is -0.170. The molecule has 3 nitrogen and oxygen atoms in total. The van der Waals surface area contributed by atoms with Gasteiger partial charge in [-0.05, 0) is 17.5 Å². The highest BCUT2D eigenvalue weighted by atomic mass is 16.5. The van der Waals surface area contributed by atoms with Gasteiger partial charge < -0.3 is 10.3 Å². The normalized spacial score (nSPS) is 26.8. The maximum atomic E-state index is 10.4. The molecule has 2 aromatic carbocycles. The van der Waals surface area contributed by atoms with Gasteiger partial charge in [-0.25, -0.2) is 0 Å². The summed E-state index contributed by atoms with van der Waals surface area (Å²) in [6.45, 7) is 0.460. The van der Waals surface area contributed by atoms with E-state index in [-0.39, 0.29) is 12.5 Å². The second-order valence-electron chi connectivity index (χ2n) is 5.32. The number of hydrogen-bond donors (Lipinski definition) is 2. The topological polar surface area (TPSA) is 43.7 Å². The third kappa shape index (κ3) is 1.95. The van der Waals surface area contributed by atoms with Crippen molar-refractivity contribution in [2.24, 2.45) is 0 Å².